The quantitative estimate of drug-likeness (QED) is 0.718. The van der Waals surface area contributed by atoms with Gasteiger partial charge in [0.05, 0.1) is 19.7 Å². The molecule has 2 aliphatic rings. The van der Waals surface area contributed by atoms with E-state index in [1.807, 2.05) is 0 Å². The third-order valence-corrected chi connectivity index (χ3v) is 3.83. The molecule has 2 aliphatic heterocycles. The molecule has 1 N–H and O–H groups in total. The van der Waals surface area contributed by atoms with Crippen molar-refractivity contribution in [2.75, 3.05) is 39.8 Å². The number of likely N-dealkylation sites (N-methyl/N-ethyl adjacent to an activating group) is 1. The summed E-state index contributed by atoms with van der Waals surface area (Å²) in [5, 5.41) is 2.55. The van der Waals surface area contributed by atoms with Crippen LogP contribution in [0.15, 0.2) is 0 Å². The van der Waals surface area contributed by atoms with Gasteiger partial charge in [0.1, 0.15) is 0 Å². The van der Waals surface area contributed by atoms with Crippen LogP contribution in [0.25, 0.3) is 0 Å². The highest BCUT2D eigenvalue weighted by Crippen LogP contribution is 2.18. The highest BCUT2D eigenvalue weighted by atomic mass is 16.5. The molecule has 0 radical (unpaired) electrons. The van der Waals surface area contributed by atoms with E-state index in [1.165, 1.54) is 0 Å². The molecule has 0 aromatic rings. The van der Waals surface area contributed by atoms with Crippen molar-refractivity contribution < 1.29 is 19.1 Å². The lowest BCUT2D eigenvalue weighted by molar-refractivity contribution is -0.163. The molecule has 112 valence electrons. The summed E-state index contributed by atoms with van der Waals surface area (Å²) in [5.74, 6) is -0.341. The van der Waals surface area contributed by atoms with E-state index in [-0.39, 0.29) is 30.8 Å². The first kappa shape index (κ1) is 14.8. The standard InChI is InChI=1S/C13H21N3O4/c1-13(12(19)14-2)9-16(6-7-20-13)11(18)8-15-5-3-4-10(15)17/h3-9H2,1-2H3,(H,14,19)/t13-/m0/s1. The Hall–Kier alpha value is -1.63. The lowest BCUT2D eigenvalue weighted by Crippen LogP contribution is -2.59. The Morgan fingerprint density at radius 2 is 2.15 bits per heavy atom. The van der Waals surface area contributed by atoms with E-state index in [0.29, 0.717) is 26.1 Å². The Bertz CT molecular complexity index is 426. The van der Waals surface area contributed by atoms with Gasteiger partial charge in [-0.05, 0) is 13.3 Å². The van der Waals surface area contributed by atoms with Crippen molar-refractivity contribution in [2.45, 2.75) is 25.4 Å². The number of ether oxygens (including phenoxy) is 1. The highest BCUT2D eigenvalue weighted by molar-refractivity contribution is 5.88. The van der Waals surface area contributed by atoms with Crippen LogP contribution in [-0.4, -0.2) is 73.0 Å². The normalized spacial score (nSPS) is 26.8. The van der Waals surface area contributed by atoms with E-state index in [1.54, 1.807) is 23.8 Å². The first-order valence-electron chi connectivity index (χ1n) is 6.88. The van der Waals surface area contributed by atoms with Crippen LogP contribution in [-0.2, 0) is 19.1 Å². The van der Waals surface area contributed by atoms with Gasteiger partial charge in [-0.3, -0.25) is 14.4 Å². The van der Waals surface area contributed by atoms with Crippen molar-refractivity contribution in [1.82, 2.24) is 15.1 Å². The molecule has 0 aromatic carbocycles. The van der Waals surface area contributed by atoms with Crippen molar-refractivity contribution in [3.05, 3.63) is 0 Å². The molecule has 0 aliphatic carbocycles. The largest absolute Gasteiger partial charge is 0.362 e. The maximum Gasteiger partial charge on any atom is 0.253 e. The molecule has 20 heavy (non-hydrogen) atoms. The minimum absolute atomic E-state index is 0.0284. The first-order chi connectivity index (χ1) is 9.46. The molecule has 0 bridgehead atoms. The number of carbonyl (C=O) groups excluding carboxylic acids is 3. The van der Waals surface area contributed by atoms with Crippen LogP contribution in [0, 0.1) is 0 Å². The lowest BCUT2D eigenvalue weighted by Gasteiger charge is -2.39. The molecular weight excluding hydrogens is 262 g/mol. The van der Waals surface area contributed by atoms with Gasteiger partial charge in [0.2, 0.25) is 11.8 Å². The number of hydrogen-bond donors (Lipinski definition) is 1. The topological polar surface area (TPSA) is 79.0 Å². The summed E-state index contributed by atoms with van der Waals surface area (Å²) in [7, 11) is 1.54. The third-order valence-electron chi connectivity index (χ3n) is 3.83. The summed E-state index contributed by atoms with van der Waals surface area (Å²) < 4.78 is 5.50. The number of likely N-dealkylation sites (tertiary alicyclic amines) is 1. The molecular formula is C13H21N3O4. The predicted octanol–water partition coefficient (Wildman–Crippen LogP) is -1.03. The Morgan fingerprint density at radius 3 is 2.75 bits per heavy atom. The number of amides is 3. The third kappa shape index (κ3) is 2.92. The molecule has 3 amide bonds. The monoisotopic (exact) mass is 283 g/mol. The molecule has 0 spiro atoms. The van der Waals surface area contributed by atoms with E-state index in [9.17, 15) is 14.4 Å². The van der Waals surface area contributed by atoms with Crippen molar-refractivity contribution in [1.29, 1.82) is 0 Å². The summed E-state index contributed by atoms with van der Waals surface area (Å²) in [6.45, 7) is 3.40. The van der Waals surface area contributed by atoms with Gasteiger partial charge in [-0.2, -0.15) is 0 Å². The van der Waals surface area contributed by atoms with Crippen molar-refractivity contribution in [3.63, 3.8) is 0 Å². The second-order valence-corrected chi connectivity index (χ2v) is 5.39. The Labute approximate surface area is 118 Å². The average molecular weight is 283 g/mol. The molecule has 7 nitrogen and oxygen atoms in total. The number of morpholine rings is 1. The number of hydrogen-bond acceptors (Lipinski definition) is 4. The molecule has 2 rings (SSSR count). The van der Waals surface area contributed by atoms with Gasteiger partial charge >= 0.3 is 0 Å². The minimum atomic E-state index is -1.02. The van der Waals surface area contributed by atoms with E-state index in [2.05, 4.69) is 5.32 Å². The summed E-state index contributed by atoms with van der Waals surface area (Å²) in [6, 6.07) is 0. The zero-order valence-corrected chi connectivity index (χ0v) is 12.0. The Morgan fingerprint density at radius 1 is 1.40 bits per heavy atom. The van der Waals surface area contributed by atoms with Gasteiger partial charge in [0.25, 0.3) is 5.91 Å². The SMILES string of the molecule is CNC(=O)[C@]1(C)CN(C(=O)CN2CCCC2=O)CCO1. The molecule has 1 atom stereocenters. The van der Waals surface area contributed by atoms with E-state index < -0.39 is 5.60 Å². The van der Waals surface area contributed by atoms with Crippen LogP contribution in [0.3, 0.4) is 0 Å². The van der Waals surface area contributed by atoms with Gasteiger partial charge < -0.3 is 19.9 Å². The fourth-order valence-corrected chi connectivity index (χ4v) is 2.62. The van der Waals surface area contributed by atoms with Crippen LogP contribution in [0.5, 0.6) is 0 Å². The van der Waals surface area contributed by atoms with E-state index in [0.717, 1.165) is 6.42 Å². The fraction of sp³-hybridized carbons (Fsp3) is 0.769. The molecule has 0 saturated carbocycles. The maximum atomic E-state index is 12.2. The number of nitrogens with zero attached hydrogens (tertiary/aromatic N) is 2. The second-order valence-electron chi connectivity index (χ2n) is 5.39. The van der Waals surface area contributed by atoms with Gasteiger partial charge in [-0.15, -0.1) is 0 Å². The number of nitrogens with one attached hydrogen (secondary N) is 1. The fourth-order valence-electron chi connectivity index (χ4n) is 2.62. The van der Waals surface area contributed by atoms with Crippen molar-refractivity contribution in [3.8, 4) is 0 Å². The Kier molecular flexibility index (Phi) is 4.27. The van der Waals surface area contributed by atoms with Gasteiger partial charge in [0.15, 0.2) is 5.60 Å². The minimum Gasteiger partial charge on any atom is -0.362 e. The summed E-state index contributed by atoms with van der Waals surface area (Å²) in [4.78, 5) is 38.8. The average Bonchev–Trinajstić information content (AvgIpc) is 2.83. The smallest absolute Gasteiger partial charge is 0.253 e. The van der Waals surface area contributed by atoms with Crippen LogP contribution in [0.1, 0.15) is 19.8 Å². The van der Waals surface area contributed by atoms with Crippen molar-refractivity contribution >= 4 is 17.7 Å². The molecule has 2 heterocycles. The van der Waals surface area contributed by atoms with E-state index >= 15 is 0 Å². The number of rotatable bonds is 3. The second kappa shape index (κ2) is 5.78. The van der Waals surface area contributed by atoms with Gasteiger partial charge in [0, 0.05) is 26.6 Å². The first-order valence-corrected chi connectivity index (χ1v) is 6.88. The summed E-state index contributed by atoms with van der Waals surface area (Å²) >= 11 is 0. The molecule has 0 aromatic heterocycles. The molecule has 2 fully saturated rings. The zero-order chi connectivity index (χ0) is 14.8. The summed E-state index contributed by atoms with van der Waals surface area (Å²) in [5.41, 5.74) is -1.02. The van der Waals surface area contributed by atoms with Crippen LogP contribution in [0.4, 0.5) is 0 Å². The van der Waals surface area contributed by atoms with Gasteiger partial charge in [-0.25, -0.2) is 0 Å². The van der Waals surface area contributed by atoms with E-state index in [4.69, 9.17) is 4.74 Å². The van der Waals surface area contributed by atoms with Gasteiger partial charge in [-0.1, -0.05) is 0 Å². The van der Waals surface area contributed by atoms with Crippen LogP contribution < -0.4 is 5.32 Å². The van der Waals surface area contributed by atoms with Crippen molar-refractivity contribution in [2.24, 2.45) is 0 Å². The predicted molar refractivity (Wildman–Crippen MR) is 70.8 cm³/mol. The van der Waals surface area contributed by atoms with Crippen LogP contribution >= 0.6 is 0 Å². The molecule has 7 heteroatoms. The maximum absolute atomic E-state index is 12.2. The highest BCUT2D eigenvalue weighted by Gasteiger charge is 2.40. The summed E-state index contributed by atoms with van der Waals surface area (Å²) in [6.07, 6.45) is 1.33. The Balaban J connectivity index is 1.96. The van der Waals surface area contributed by atoms with Crippen LogP contribution in [0.2, 0.25) is 0 Å². The lowest BCUT2D eigenvalue weighted by atomic mass is 10.0. The molecule has 0 unspecified atom stereocenters. The zero-order valence-electron chi connectivity index (χ0n) is 12.0. The molecule has 2 saturated heterocycles. The number of carbonyl (C=O) groups is 3.